The summed E-state index contributed by atoms with van der Waals surface area (Å²) in [6.07, 6.45) is 3.58. The topological polar surface area (TPSA) is 12.9 Å². The summed E-state index contributed by atoms with van der Waals surface area (Å²) < 4.78 is 2.29. The van der Waals surface area contributed by atoms with Crippen LogP contribution in [0.1, 0.15) is 0 Å². The van der Waals surface area contributed by atoms with Crippen molar-refractivity contribution in [2.24, 2.45) is 0 Å². The van der Waals surface area contributed by atoms with Gasteiger partial charge >= 0.3 is 65.8 Å². The molecule has 1 rings (SSSR count). The number of hydrogen-bond donors (Lipinski definition) is 0. The Labute approximate surface area is 65.8 Å². The van der Waals surface area contributed by atoms with Crippen molar-refractivity contribution in [1.82, 2.24) is 4.98 Å². The first-order valence-corrected chi connectivity index (χ1v) is 3.16. The van der Waals surface area contributed by atoms with Crippen molar-refractivity contribution in [3.05, 3.63) is 22.9 Å². The monoisotopic (exact) mass is 163 g/mol. The molecule has 0 amide bonds. The molecule has 0 aromatic carbocycles. The summed E-state index contributed by atoms with van der Waals surface area (Å²) in [5.41, 5.74) is 0. The van der Waals surface area contributed by atoms with Gasteiger partial charge in [-0.15, -0.1) is 0 Å². The molecule has 8 heavy (non-hydrogen) atoms. The van der Waals surface area contributed by atoms with Crippen LogP contribution in [0.5, 0.6) is 0 Å². The van der Waals surface area contributed by atoms with E-state index in [4.69, 9.17) is 0 Å². The second kappa shape index (κ2) is 2.68. The molecule has 0 saturated carbocycles. The first kappa shape index (κ1) is 6.35. The molecule has 0 unspecified atom stereocenters. The number of nitrogens with zero attached hydrogens (tertiary/aromatic N) is 1. The van der Waals surface area contributed by atoms with E-state index < -0.39 is 0 Å². The second-order valence-corrected chi connectivity index (χ2v) is 2.48. The molecule has 0 saturated heterocycles. The van der Waals surface area contributed by atoms with E-state index in [9.17, 15) is 0 Å². The third-order valence-corrected chi connectivity index (χ3v) is 1.84. The summed E-state index contributed by atoms with van der Waals surface area (Å²) >= 11 is 5.37. The van der Waals surface area contributed by atoms with Gasteiger partial charge < -0.3 is 0 Å². The Morgan fingerprint density at radius 1 is 1.62 bits per heavy atom. The van der Waals surface area contributed by atoms with Crippen molar-refractivity contribution in [3.63, 3.8) is 0 Å². The third-order valence-electron chi connectivity index (χ3n) is 0.952. The summed E-state index contributed by atoms with van der Waals surface area (Å²) in [6, 6.07) is 1.93. The Morgan fingerprint density at radius 3 is 2.75 bits per heavy atom. The van der Waals surface area contributed by atoms with Crippen molar-refractivity contribution in [2.45, 2.75) is 0 Å². The van der Waals surface area contributed by atoms with E-state index in [0.29, 0.717) is 0 Å². The fourth-order valence-corrected chi connectivity index (χ4v) is 0.677. The minimum atomic E-state index is 1.12. The van der Waals surface area contributed by atoms with Gasteiger partial charge in [-0.3, -0.25) is 0 Å². The Balaban J connectivity index is 3.13. The Morgan fingerprint density at radius 2 is 2.38 bits per heavy atom. The third kappa shape index (κ3) is 1.35. The van der Waals surface area contributed by atoms with E-state index in [-0.39, 0.29) is 0 Å². The first-order valence-electron chi connectivity index (χ1n) is 2.37. The first-order chi connectivity index (χ1) is 3.80. The number of rotatable bonds is 0. The van der Waals surface area contributed by atoms with Gasteiger partial charge in [-0.1, -0.05) is 0 Å². The zero-order valence-electron chi connectivity index (χ0n) is 4.56. The van der Waals surface area contributed by atoms with Gasteiger partial charge in [0.15, 0.2) is 0 Å². The van der Waals surface area contributed by atoms with Gasteiger partial charge in [0.25, 0.3) is 0 Å². The number of hydrogen-bond acceptors (Lipinski definition) is 1. The van der Waals surface area contributed by atoms with Crippen LogP contribution in [0.4, 0.5) is 0 Å². The molecular weight excluding hydrogens is 161 g/mol. The van der Waals surface area contributed by atoms with Crippen LogP contribution in [0.15, 0.2) is 22.9 Å². The zero-order chi connectivity index (χ0) is 5.98. The van der Waals surface area contributed by atoms with E-state index in [2.05, 4.69) is 20.9 Å². The number of halogens is 1. The predicted octanol–water partition coefficient (Wildman–Crippen LogP) is 0.638. The maximum atomic E-state index is 3.92. The van der Waals surface area contributed by atoms with Crippen molar-refractivity contribution < 1.29 is 0 Å². The zero-order valence-corrected chi connectivity index (χ0v) is 6.14. The van der Waals surface area contributed by atoms with Crippen LogP contribution in [-0.4, -0.2) is 22.7 Å². The molecule has 1 aromatic rings. The molecule has 0 bridgehead atoms. The Hall–Kier alpha value is 0.227. The molecule has 36 valence electrons. The van der Waals surface area contributed by atoms with E-state index in [0.717, 1.165) is 4.47 Å². The van der Waals surface area contributed by atoms with Gasteiger partial charge in [-0.05, 0) is 0 Å². The van der Waals surface area contributed by atoms with Crippen molar-refractivity contribution in [3.8, 4) is 0 Å². The maximum absolute atomic E-state index is 3.92. The summed E-state index contributed by atoms with van der Waals surface area (Å²) in [5.74, 6) is 0. The fraction of sp³-hybridized carbons (Fsp3) is 0. The molecule has 0 spiro atoms. The van der Waals surface area contributed by atoms with E-state index in [1.165, 1.54) is 4.24 Å². The Kier molecular flexibility index (Phi) is 2.13. The van der Waals surface area contributed by atoms with Crippen molar-refractivity contribution in [2.75, 3.05) is 0 Å². The molecule has 0 aliphatic carbocycles. The average Bonchev–Trinajstić information content (AvgIpc) is 1.77. The summed E-state index contributed by atoms with van der Waals surface area (Å²) in [4.78, 5) is 3.92. The number of pyridine rings is 1. The van der Waals surface area contributed by atoms with E-state index in [1.54, 1.807) is 6.20 Å². The van der Waals surface area contributed by atoms with Crippen LogP contribution in [0, 0.1) is 0 Å². The molecule has 3 heteroatoms. The van der Waals surface area contributed by atoms with Gasteiger partial charge in [0, 0.05) is 0 Å². The SMILES string of the molecule is [Li][c]1cnccc1Br. The molecule has 1 heterocycles. The van der Waals surface area contributed by atoms with Gasteiger partial charge in [0.1, 0.15) is 0 Å². The fourth-order valence-electron chi connectivity index (χ4n) is 0.456. The molecule has 0 aliphatic heterocycles. The molecule has 0 aliphatic rings. The average molecular weight is 164 g/mol. The minimum absolute atomic E-state index is 1.12. The number of aromatic nitrogens is 1. The van der Waals surface area contributed by atoms with Gasteiger partial charge in [0.05, 0.1) is 0 Å². The van der Waals surface area contributed by atoms with Gasteiger partial charge in [-0.2, -0.15) is 0 Å². The molecular formula is C5H3BrLiN. The summed E-state index contributed by atoms with van der Waals surface area (Å²) in [5, 5.41) is 0. The predicted molar refractivity (Wildman–Crippen MR) is 37.3 cm³/mol. The van der Waals surface area contributed by atoms with Gasteiger partial charge in [-0.25, -0.2) is 0 Å². The van der Waals surface area contributed by atoms with Crippen LogP contribution >= 0.6 is 15.9 Å². The van der Waals surface area contributed by atoms with E-state index >= 15 is 0 Å². The van der Waals surface area contributed by atoms with Crippen LogP contribution in [-0.2, 0) is 0 Å². The quantitative estimate of drug-likeness (QED) is 0.512. The molecule has 0 atom stereocenters. The van der Waals surface area contributed by atoms with Crippen molar-refractivity contribution in [1.29, 1.82) is 0 Å². The standard InChI is InChI=1S/C5H3BrN.Li/c6-5-1-3-7-4-2-5;/h1,3-4H;. The Bertz CT molecular complexity index is 169. The van der Waals surface area contributed by atoms with Crippen molar-refractivity contribution >= 4 is 37.9 Å². The molecule has 0 N–H and O–H groups in total. The molecule has 0 radical (unpaired) electrons. The van der Waals surface area contributed by atoms with Crippen LogP contribution in [0.25, 0.3) is 0 Å². The van der Waals surface area contributed by atoms with Crippen LogP contribution in [0.3, 0.4) is 0 Å². The normalized spacial score (nSPS) is 9.38. The van der Waals surface area contributed by atoms with Gasteiger partial charge in [0.2, 0.25) is 0 Å². The molecule has 0 fully saturated rings. The molecule has 1 nitrogen and oxygen atoms in total. The van der Waals surface area contributed by atoms with E-state index in [1.807, 2.05) is 30.0 Å². The van der Waals surface area contributed by atoms with Crippen LogP contribution < -0.4 is 4.24 Å². The summed E-state index contributed by atoms with van der Waals surface area (Å²) in [7, 11) is 0. The second-order valence-electron chi connectivity index (χ2n) is 1.62. The summed E-state index contributed by atoms with van der Waals surface area (Å²) in [6.45, 7) is 0. The van der Waals surface area contributed by atoms with Crippen LogP contribution in [0.2, 0.25) is 0 Å². The molecule has 1 aromatic heterocycles.